The Labute approximate surface area is 90.8 Å². The SMILES string of the molecule is CC(C)COCCNc1ccnc(N)c1. The van der Waals surface area contributed by atoms with Crippen LogP contribution in [0.25, 0.3) is 0 Å². The molecule has 0 unspecified atom stereocenters. The van der Waals surface area contributed by atoms with E-state index >= 15 is 0 Å². The molecule has 4 heteroatoms. The third-order valence-electron chi connectivity index (χ3n) is 1.81. The number of nitrogens with one attached hydrogen (secondary N) is 1. The van der Waals surface area contributed by atoms with Crippen molar-refractivity contribution in [1.29, 1.82) is 0 Å². The summed E-state index contributed by atoms with van der Waals surface area (Å²) in [7, 11) is 0. The Bertz CT molecular complexity index is 289. The van der Waals surface area contributed by atoms with Crippen molar-refractivity contribution in [3.8, 4) is 0 Å². The maximum Gasteiger partial charge on any atom is 0.125 e. The summed E-state index contributed by atoms with van der Waals surface area (Å²) in [6.07, 6.45) is 1.69. The molecule has 84 valence electrons. The van der Waals surface area contributed by atoms with E-state index in [2.05, 4.69) is 24.1 Å². The molecule has 3 N–H and O–H groups in total. The van der Waals surface area contributed by atoms with E-state index in [0.717, 1.165) is 18.8 Å². The summed E-state index contributed by atoms with van der Waals surface area (Å²) >= 11 is 0. The summed E-state index contributed by atoms with van der Waals surface area (Å²) < 4.78 is 5.44. The fourth-order valence-corrected chi connectivity index (χ4v) is 1.14. The van der Waals surface area contributed by atoms with Crippen molar-refractivity contribution in [3.05, 3.63) is 18.3 Å². The number of hydrogen-bond donors (Lipinski definition) is 2. The molecular formula is C11H19N3O. The second kappa shape index (κ2) is 6.24. The van der Waals surface area contributed by atoms with Gasteiger partial charge in [0.25, 0.3) is 0 Å². The van der Waals surface area contributed by atoms with Gasteiger partial charge in [-0.05, 0) is 12.0 Å². The van der Waals surface area contributed by atoms with Gasteiger partial charge >= 0.3 is 0 Å². The summed E-state index contributed by atoms with van der Waals surface area (Å²) in [5.74, 6) is 1.12. The zero-order valence-corrected chi connectivity index (χ0v) is 9.36. The van der Waals surface area contributed by atoms with Crippen LogP contribution < -0.4 is 11.1 Å². The van der Waals surface area contributed by atoms with Crippen LogP contribution in [0.15, 0.2) is 18.3 Å². The summed E-state index contributed by atoms with van der Waals surface area (Å²) in [5.41, 5.74) is 6.53. The van der Waals surface area contributed by atoms with Crippen molar-refractivity contribution < 1.29 is 4.74 Å². The number of aromatic nitrogens is 1. The Hall–Kier alpha value is -1.29. The van der Waals surface area contributed by atoms with Crippen LogP contribution in [0.2, 0.25) is 0 Å². The first-order valence-corrected chi connectivity index (χ1v) is 5.21. The molecule has 0 aliphatic heterocycles. The third kappa shape index (κ3) is 5.22. The number of nitrogen functional groups attached to an aromatic ring is 1. The largest absolute Gasteiger partial charge is 0.384 e. The zero-order valence-electron chi connectivity index (χ0n) is 9.36. The van der Waals surface area contributed by atoms with Crippen LogP contribution in [0.5, 0.6) is 0 Å². The molecule has 0 aliphatic carbocycles. The molecule has 0 fully saturated rings. The molecule has 1 aromatic rings. The van der Waals surface area contributed by atoms with Crippen molar-refractivity contribution in [2.45, 2.75) is 13.8 Å². The molecule has 0 radical (unpaired) electrons. The lowest BCUT2D eigenvalue weighted by atomic mass is 10.2. The van der Waals surface area contributed by atoms with Gasteiger partial charge in [0.05, 0.1) is 6.61 Å². The average molecular weight is 209 g/mol. The first-order valence-electron chi connectivity index (χ1n) is 5.21. The second-order valence-corrected chi connectivity index (χ2v) is 3.86. The quantitative estimate of drug-likeness (QED) is 0.701. The molecular weight excluding hydrogens is 190 g/mol. The molecule has 0 saturated heterocycles. The molecule has 1 rings (SSSR count). The number of rotatable bonds is 6. The minimum atomic E-state index is 0.531. The van der Waals surface area contributed by atoms with Gasteiger partial charge in [-0.15, -0.1) is 0 Å². The Morgan fingerprint density at radius 1 is 1.53 bits per heavy atom. The summed E-state index contributed by atoms with van der Waals surface area (Å²) in [6.45, 7) is 6.57. The highest BCUT2D eigenvalue weighted by molar-refractivity contribution is 5.49. The normalized spacial score (nSPS) is 10.6. The summed E-state index contributed by atoms with van der Waals surface area (Å²) in [6, 6.07) is 3.70. The van der Waals surface area contributed by atoms with Crippen LogP contribution in [0.4, 0.5) is 11.5 Å². The topological polar surface area (TPSA) is 60.2 Å². The monoisotopic (exact) mass is 209 g/mol. The highest BCUT2D eigenvalue weighted by atomic mass is 16.5. The molecule has 0 saturated carbocycles. The smallest absolute Gasteiger partial charge is 0.125 e. The molecule has 4 nitrogen and oxygen atoms in total. The number of ether oxygens (including phenoxy) is 1. The Morgan fingerprint density at radius 3 is 3.00 bits per heavy atom. The predicted octanol–water partition coefficient (Wildman–Crippen LogP) is 1.75. The zero-order chi connectivity index (χ0) is 11.1. The maximum atomic E-state index is 5.55. The van der Waals surface area contributed by atoms with Gasteiger partial charge in [-0.25, -0.2) is 4.98 Å². The minimum Gasteiger partial charge on any atom is -0.384 e. The van der Waals surface area contributed by atoms with Crippen LogP contribution in [0.3, 0.4) is 0 Å². The van der Waals surface area contributed by atoms with Crippen molar-refractivity contribution in [2.75, 3.05) is 30.8 Å². The van der Waals surface area contributed by atoms with E-state index in [-0.39, 0.29) is 0 Å². The highest BCUT2D eigenvalue weighted by Gasteiger charge is 1.95. The van der Waals surface area contributed by atoms with Crippen LogP contribution in [-0.4, -0.2) is 24.7 Å². The lowest BCUT2D eigenvalue weighted by Crippen LogP contribution is -2.12. The van der Waals surface area contributed by atoms with Crippen molar-refractivity contribution >= 4 is 11.5 Å². The Balaban J connectivity index is 2.15. The highest BCUT2D eigenvalue weighted by Crippen LogP contribution is 2.07. The fraction of sp³-hybridized carbons (Fsp3) is 0.545. The van der Waals surface area contributed by atoms with E-state index < -0.39 is 0 Å². The van der Waals surface area contributed by atoms with Gasteiger partial charge in [0.1, 0.15) is 5.82 Å². The van der Waals surface area contributed by atoms with Crippen molar-refractivity contribution in [1.82, 2.24) is 4.98 Å². The van der Waals surface area contributed by atoms with Gasteiger partial charge in [-0.2, -0.15) is 0 Å². The van der Waals surface area contributed by atoms with Gasteiger partial charge in [-0.1, -0.05) is 13.8 Å². The van der Waals surface area contributed by atoms with Gasteiger partial charge in [0, 0.05) is 31.1 Å². The Morgan fingerprint density at radius 2 is 2.33 bits per heavy atom. The summed E-state index contributed by atoms with van der Waals surface area (Å²) in [5, 5.41) is 3.21. The molecule has 0 amide bonds. The van der Waals surface area contributed by atoms with E-state index in [4.69, 9.17) is 10.5 Å². The van der Waals surface area contributed by atoms with Gasteiger partial charge in [0.2, 0.25) is 0 Å². The predicted molar refractivity (Wildman–Crippen MR) is 62.8 cm³/mol. The molecule has 0 aliphatic rings. The fourth-order valence-electron chi connectivity index (χ4n) is 1.14. The minimum absolute atomic E-state index is 0.531. The Kier molecular flexibility index (Phi) is 4.90. The second-order valence-electron chi connectivity index (χ2n) is 3.86. The van der Waals surface area contributed by atoms with Crippen LogP contribution in [-0.2, 0) is 4.74 Å². The lowest BCUT2D eigenvalue weighted by molar-refractivity contribution is 0.118. The molecule has 1 heterocycles. The van der Waals surface area contributed by atoms with E-state index in [1.54, 1.807) is 6.20 Å². The number of nitrogens with two attached hydrogens (primary N) is 1. The standard InChI is InChI=1S/C11H19N3O/c1-9(2)8-15-6-5-13-10-3-4-14-11(12)7-10/h3-4,7,9H,5-6,8H2,1-2H3,(H3,12,13,14). The molecule has 0 bridgehead atoms. The number of anilines is 2. The van der Waals surface area contributed by atoms with Gasteiger partial charge in [0.15, 0.2) is 0 Å². The van der Waals surface area contributed by atoms with E-state index in [9.17, 15) is 0 Å². The first kappa shape index (κ1) is 11.8. The molecule has 0 spiro atoms. The van der Waals surface area contributed by atoms with E-state index in [1.165, 1.54) is 0 Å². The summed E-state index contributed by atoms with van der Waals surface area (Å²) in [4.78, 5) is 3.91. The molecule has 15 heavy (non-hydrogen) atoms. The van der Waals surface area contributed by atoms with E-state index in [0.29, 0.717) is 18.3 Å². The van der Waals surface area contributed by atoms with Gasteiger partial charge in [-0.3, -0.25) is 0 Å². The van der Waals surface area contributed by atoms with Crippen LogP contribution in [0, 0.1) is 5.92 Å². The molecule has 0 aromatic carbocycles. The maximum absolute atomic E-state index is 5.55. The van der Waals surface area contributed by atoms with Crippen molar-refractivity contribution in [3.63, 3.8) is 0 Å². The number of nitrogens with zero attached hydrogens (tertiary/aromatic N) is 1. The molecule has 0 atom stereocenters. The van der Waals surface area contributed by atoms with Crippen LogP contribution >= 0.6 is 0 Å². The van der Waals surface area contributed by atoms with Crippen LogP contribution in [0.1, 0.15) is 13.8 Å². The van der Waals surface area contributed by atoms with Gasteiger partial charge < -0.3 is 15.8 Å². The average Bonchev–Trinajstić information content (AvgIpc) is 2.17. The third-order valence-corrected chi connectivity index (χ3v) is 1.81. The molecule has 1 aromatic heterocycles. The number of hydrogen-bond acceptors (Lipinski definition) is 4. The lowest BCUT2D eigenvalue weighted by Gasteiger charge is -2.08. The van der Waals surface area contributed by atoms with E-state index in [1.807, 2.05) is 12.1 Å². The first-order chi connectivity index (χ1) is 7.18. The number of pyridine rings is 1. The van der Waals surface area contributed by atoms with Crippen molar-refractivity contribution in [2.24, 2.45) is 5.92 Å².